The van der Waals surface area contributed by atoms with Gasteiger partial charge < -0.3 is 19.1 Å². The van der Waals surface area contributed by atoms with Crippen LogP contribution in [0.1, 0.15) is 53.9 Å². The summed E-state index contributed by atoms with van der Waals surface area (Å²) in [7, 11) is -0.423. The largest absolute Gasteiger partial charge is 0.493 e. The third-order valence-electron chi connectivity index (χ3n) is 7.45. The van der Waals surface area contributed by atoms with E-state index in [4.69, 9.17) is 14.2 Å². The second kappa shape index (κ2) is 12.7. The number of rotatable bonds is 11. The lowest BCUT2D eigenvalue weighted by molar-refractivity contribution is 0.0589. The summed E-state index contributed by atoms with van der Waals surface area (Å²) in [6.07, 6.45) is 1.58. The number of fused-ring (bicyclic) bond motifs is 1. The summed E-state index contributed by atoms with van der Waals surface area (Å²) in [6, 6.07) is 17.6. The predicted molar refractivity (Wildman–Crippen MR) is 155 cm³/mol. The van der Waals surface area contributed by atoms with E-state index in [0.717, 1.165) is 23.3 Å². The molecule has 1 atom stereocenters. The highest BCUT2D eigenvalue weighted by atomic mass is 32.2. The molecular formula is C31H38N2O6S. The van der Waals surface area contributed by atoms with Crippen LogP contribution in [0.25, 0.3) is 0 Å². The lowest BCUT2D eigenvalue weighted by Gasteiger charge is -2.37. The van der Waals surface area contributed by atoms with Crippen molar-refractivity contribution in [2.24, 2.45) is 0 Å². The first-order chi connectivity index (χ1) is 19.3. The van der Waals surface area contributed by atoms with Crippen molar-refractivity contribution in [2.45, 2.75) is 44.6 Å². The van der Waals surface area contributed by atoms with Gasteiger partial charge in [-0.1, -0.05) is 32.9 Å². The molecule has 0 saturated heterocycles. The second-order valence-corrected chi connectivity index (χ2v) is 11.5. The van der Waals surface area contributed by atoms with Crippen LogP contribution in [-0.4, -0.2) is 64.0 Å². The maximum atomic E-state index is 13.9. The quantitative estimate of drug-likeness (QED) is 0.321. The smallest absolute Gasteiger partial charge is 0.254 e. The van der Waals surface area contributed by atoms with Gasteiger partial charge in [0.05, 0.1) is 25.2 Å². The Kier molecular flexibility index (Phi) is 9.37. The summed E-state index contributed by atoms with van der Waals surface area (Å²) in [5.74, 6) is 1.75. The van der Waals surface area contributed by atoms with E-state index in [1.807, 2.05) is 36.4 Å². The van der Waals surface area contributed by atoms with Crippen LogP contribution >= 0.6 is 0 Å². The fourth-order valence-corrected chi connectivity index (χ4v) is 6.55. The number of hydrogen-bond donors (Lipinski definition) is 0. The molecular weight excluding hydrogens is 528 g/mol. The lowest BCUT2D eigenvalue weighted by atomic mass is 9.91. The summed E-state index contributed by atoms with van der Waals surface area (Å²) >= 11 is 0. The number of amides is 1. The molecule has 0 aliphatic carbocycles. The van der Waals surface area contributed by atoms with E-state index >= 15 is 0 Å². The van der Waals surface area contributed by atoms with Crippen LogP contribution in [0.4, 0.5) is 0 Å². The number of benzene rings is 3. The molecule has 1 aliphatic heterocycles. The molecule has 0 saturated carbocycles. The van der Waals surface area contributed by atoms with Crippen molar-refractivity contribution in [2.75, 3.05) is 40.5 Å². The van der Waals surface area contributed by atoms with E-state index < -0.39 is 10.0 Å². The molecule has 0 fully saturated rings. The normalized spacial score (nSPS) is 15.1. The van der Waals surface area contributed by atoms with Crippen LogP contribution in [0, 0.1) is 0 Å². The first-order valence-electron chi connectivity index (χ1n) is 13.6. The Bertz CT molecular complexity index is 1420. The zero-order valence-electron chi connectivity index (χ0n) is 23.8. The molecule has 0 spiro atoms. The molecule has 214 valence electrons. The molecule has 3 aromatic carbocycles. The van der Waals surface area contributed by atoms with E-state index in [1.165, 1.54) is 22.0 Å². The Morgan fingerprint density at radius 1 is 0.925 bits per heavy atom. The fraction of sp³-hybridized carbons (Fsp3) is 0.387. The third kappa shape index (κ3) is 5.95. The minimum atomic E-state index is -3.62. The zero-order chi connectivity index (χ0) is 28.9. The molecule has 1 unspecified atom stereocenters. The molecule has 0 aromatic heterocycles. The van der Waals surface area contributed by atoms with E-state index in [0.29, 0.717) is 43.1 Å². The topological polar surface area (TPSA) is 85.4 Å². The molecule has 9 heteroatoms. The van der Waals surface area contributed by atoms with E-state index in [2.05, 4.69) is 6.92 Å². The van der Waals surface area contributed by atoms with E-state index in [9.17, 15) is 13.2 Å². The first-order valence-corrected chi connectivity index (χ1v) is 15.1. The lowest BCUT2D eigenvalue weighted by Crippen LogP contribution is -2.42. The number of sulfonamides is 1. The molecule has 4 rings (SSSR count). The first kappa shape index (κ1) is 29.4. The standard InChI is InChI=1S/C31H38N2O6S/c1-6-22-9-13-25(14-10-22)39-21-28-27-20-30(38-5)29(37-4)19-24(27)17-18-33(28)31(34)23-11-15-26(16-12-23)40(35,36)32(7-2)8-3/h9-16,19-20,28H,6-8,17-18,21H2,1-5H3. The summed E-state index contributed by atoms with van der Waals surface area (Å²) in [6.45, 7) is 7.19. The number of carbonyl (C=O) groups is 1. The van der Waals surface area contributed by atoms with Gasteiger partial charge in [-0.25, -0.2) is 8.42 Å². The zero-order valence-corrected chi connectivity index (χ0v) is 24.7. The van der Waals surface area contributed by atoms with Gasteiger partial charge >= 0.3 is 0 Å². The van der Waals surface area contributed by atoms with Crippen LogP contribution in [0.2, 0.25) is 0 Å². The summed E-state index contributed by atoms with van der Waals surface area (Å²) in [5.41, 5.74) is 3.63. The highest BCUT2D eigenvalue weighted by Gasteiger charge is 2.34. The van der Waals surface area contributed by atoms with Crippen molar-refractivity contribution in [3.63, 3.8) is 0 Å². The molecule has 0 bridgehead atoms. The number of aryl methyl sites for hydroxylation is 1. The van der Waals surface area contributed by atoms with Crippen LogP contribution in [0.3, 0.4) is 0 Å². The monoisotopic (exact) mass is 566 g/mol. The Morgan fingerprint density at radius 3 is 2.12 bits per heavy atom. The van der Waals surface area contributed by atoms with E-state index in [-0.39, 0.29) is 23.5 Å². The predicted octanol–water partition coefficient (Wildman–Crippen LogP) is 5.12. The van der Waals surface area contributed by atoms with Gasteiger partial charge in [0, 0.05) is 25.2 Å². The Labute approximate surface area is 237 Å². The average molecular weight is 567 g/mol. The Morgan fingerprint density at radius 2 is 1.55 bits per heavy atom. The van der Waals surface area contributed by atoms with Crippen molar-refractivity contribution in [1.29, 1.82) is 0 Å². The molecule has 40 heavy (non-hydrogen) atoms. The summed E-state index contributed by atoms with van der Waals surface area (Å²) < 4.78 is 44.6. The SMILES string of the molecule is CCc1ccc(OCC2c3cc(OC)c(OC)cc3CCN2C(=O)c2ccc(S(=O)(=O)N(CC)CC)cc2)cc1. The second-order valence-electron chi connectivity index (χ2n) is 9.59. The number of carbonyl (C=O) groups excluding carboxylic acids is 1. The minimum Gasteiger partial charge on any atom is -0.493 e. The van der Waals surface area contributed by atoms with Crippen LogP contribution < -0.4 is 14.2 Å². The number of ether oxygens (including phenoxy) is 3. The molecule has 1 heterocycles. The molecule has 1 aliphatic rings. The maximum Gasteiger partial charge on any atom is 0.254 e. The molecule has 8 nitrogen and oxygen atoms in total. The van der Waals surface area contributed by atoms with Gasteiger partial charge in [0.25, 0.3) is 5.91 Å². The van der Waals surface area contributed by atoms with Gasteiger partial charge in [-0.3, -0.25) is 4.79 Å². The summed E-state index contributed by atoms with van der Waals surface area (Å²) in [5, 5.41) is 0. The van der Waals surface area contributed by atoms with Crippen molar-refractivity contribution < 1.29 is 27.4 Å². The highest BCUT2D eigenvalue weighted by Crippen LogP contribution is 2.39. The van der Waals surface area contributed by atoms with Crippen molar-refractivity contribution >= 4 is 15.9 Å². The number of hydrogen-bond acceptors (Lipinski definition) is 6. The molecule has 0 N–H and O–H groups in total. The average Bonchev–Trinajstić information content (AvgIpc) is 2.99. The van der Waals surface area contributed by atoms with Gasteiger partial charge in [0.15, 0.2) is 11.5 Å². The van der Waals surface area contributed by atoms with Gasteiger partial charge in [0.2, 0.25) is 10.0 Å². The van der Waals surface area contributed by atoms with E-state index in [1.54, 1.807) is 45.1 Å². The Balaban J connectivity index is 1.66. The summed E-state index contributed by atoms with van der Waals surface area (Å²) in [4.78, 5) is 15.8. The third-order valence-corrected chi connectivity index (χ3v) is 9.51. The highest BCUT2D eigenvalue weighted by molar-refractivity contribution is 7.89. The van der Waals surface area contributed by atoms with Crippen molar-refractivity contribution in [3.8, 4) is 17.2 Å². The van der Waals surface area contributed by atoms with Crippen molar-refractivity contribution in [3.05, 3.63) is 82.9 Å². The van der Waals surface area contributed by atoms with Crippen LogP contribution in [-0.2, 0) is 22.9 Å². The Hall–Kier alpha value is -3.56. The molecule has 3 aromatic rings. The fourth-order valence-electron chi connectivity index (χ4n) is 5.10. The molecule has 0 radical (unpaired) electrons. The molecule has 1 amide bonds. The number of nitrogens with zero attached hydrogens (tertiary/aromatic N) is 2. The van der Waals surface area contributed by atoms with Gasteiger partial charge in [0.1, 0.15) is 12.4 Å². The van der Waals surface area contributed by atoms with Crippen LogP contribution in [0.5, 0.6) is 17.2 Å². The number of methoxy groups -OCH3 is 2. The van der Waals surface area contributed by atoms with Crippen LogP contribution in [0.15, 0.2) is 65.6 Å². The van der Waals surface area contributed by atoms with Gasteiger partial charge in [-0.15, -0.1) is 0 Å². The van der Waals surface area contributed by atoms with Gasteiger partial charge in [-0.05, 0) is 78.1 Å². The minimum absolute atomic E-state index is 0.170. The van der Waals surface area contributed by atoms with Crippen molar-refractivity contribution in [1.82, 2.24) is 9.21 Å². The maximum absolute atomic E-state index is 13.9. The van der Waals surface area contributed by atoms with Gasteiger partial charge in [-0.2, -0.15) is 4.31 Å².